The molecule has 0 spiro atoms. The van der Waals surface area contributed by atoms with Gasteiger partial charge in [-0.2, -0.15) is 0 Å². The molecule has 0 radical (unpaired) electrons. The van der Waals surface area contributed by atoms with E-state index in [1.807, 2.05) is 0 Å². The minimum Gasteiger partial charge on any atom is -0.467 e. The van der Waals surface area contributed by atoms with Gasteiger partial charge < -0.3 is 14.8 Å². The van der Waals surface area contributed by atoms with Crippen molar-refractivity contribution >= 4 is 12.1 Å². The SMILES string of the molecule is CCOC(=O)NC(Cc1ccc(F)cc1)C(=O)OC. The molecule has 0 aliphatic heterocycles. The molecule has 0 aliphatic rings. The van der Waals surface area contributed by atoms with Crippen molar-refractivity contribution in [2.75, 3.05) is 13.7 Å². The molecule has 5 nitrogen and oxygen atoms in total. The summed E-state index contributed by atoms with van der Waals surface area (Å²) in [5.41, 5.74) is 0.702. The minimum atomic E-state index is -0.866. The summed E-state index contributed by atoms with van der Waals surface area (Å²) in [5, 5.41) is 2.40. The van der Waals surface area contributed by atoms with Crippen LogP contribution in [0.3, 0.4) is 0 Å². The lowest BCUT2D eigenvalue weighted by molar-refractivity contribution is -0.142. The molecule has 1 unspecified atom stereocenters. The third kappa shape index (κ3) is 4.95. The monoisotopic (exact) mass is 269 g/mol. The molecule has 0 saturated carbocycles. The maximum absolute atomic E-state index is 12.8. The van der Waals surface area contributed by atoms with E-state index in [1.54, 1.807) is 6.92 Å². The van der Waals surface area contributed by atoms with Crippen LogP contribution in [0.1, 0.15) is 12.5 Å². The molecule has 0 heterocycles. The number of methoxy groups -OCH3 is 1. The lowest BCUT2D eigenvalue weighted by Crippen LogP contribution is -2.43. The second-order valence-electron chi connectivity index (χ2n) is 3.77. The number of alkyl carbamates (subject to hydrolysis) is 1. The topological polar surface area (TPSA) is 64.6 Å². The Labute approximate surface area is 110 Å². The highest BCUT2D eigenvalue weighted by atomic mass is 19.1. The number of nitrogens with one attached hydrogen (secondary N) is 1. The Bertz CT molecular complexity index is 433. The molecule has 0 aromatic heterocycles. The van der Waals surface area contributed by atoms with Gasteiger partial charge in [0.25, 0.3) is 0 Å². The highest BCUT2D eigenvalue weighted by molar-refractivity contribution is 5.81. The third-order valence-corrected chi connectivity index (χ3v) is 2.41. The van der Waals surface area contributed by atoms with Crippen LogP contribution < -0.4 is 5.32 Å². The number of esters is 1. The molecule has 1 N–H and O–H groups in total. The van der Waals surface area contributed by atoms with E-state index < -0.39 is 18.1 Å². The van der Waals surface area contributed by atoms with Crippen LogP contribution in [0.5, 0.6) is 0 Å². The van der Waals surface area contributed by atoms with Gasteiger partial charge in [-0.3, -0.25) is 0 Å². The van der Waals surface area contributed by atoms with Crippen LogP contribution in [-0.2, 0) is 20.7 Å². The summed E-state index contributed by atoms with van der Waals surface area (Å²) in [4.78, 5) is 22.9. The molecule has 19 heavy (non-hydrogen) atoms. The fraction of sp³-hybridized carbons (Fsp3) is 0.385. The van der Waals surface area contributed by atoms with E-state index in [-0.39, 0.29) is 18.8 Å². The van der Waals surface area contributed by atoms with Crippen molar-refractivity contribution in [2.24, 2.45) is 0 Å². The summed E-state index contributed by atoms with van der Waals surface area (Å²) < 4.78 is 22.1. The fourth-order valence-corrected chi connectivity index (χ4v) is 1.51. The van der Waals surface area contributed by atoms with Gasteiger partial charge in [0.1, 0.15) is 11.9 Å². The van der Waals surface area contributed by atoms with Gasteiger partial charge in [0, 0.05) is 6.42 Å². The van der Waals surface area contributed by atoms with E-state index in [9.17, 15) is 14.0 Å². The quantitative estimate of drug-likeness (QED) is 0.826. The Morgan fingerprint density at radius 1 is 1.32 bits per heavy atom. The molecular weight excluding hydrogens is 253 g/mol. The summed E-state index contributed by atoms with van der Waals surface area (Å²) >= 11 is 0. The lowest BCUT2D eigenvalue weighted by atomic mass is 10.1. The van der Waals surface area contributed by atoms with E-state index in [2.05, 4.69) is 10.1 Å². The van der Waals surface area contributed by atoms with Crippen molar-refractivity contribution in [3.05, 3.63) is 35.6 Å². The molecule has 0 bridgehead atoms. The Kier molecular flexibility index (Phi) is 5.78. The first-order chi connectivity index (χ1) is 9.06. The first-order valence-corrected chi connectivity index (χ1v) is 5.82. The molecule has 1 atom stereocenters. The van der Waals surface area contributed by atoms with E-state index in [0.717, 1.165) is 0 Å². The van der Waals surface area contributed by atoms with Crippen LogP contribution in [0.4, 0.5) is 9.18 Å². The maximum Gasteiger partial charge on any atom is 0.407 e. The number of rotatable bonds is 5. The first kappa shape index (κ1) is 14.9. The number of ether oxygens (including phenoxy) is 2. The second kappa shape index (κ2) is 7.35. The number of carbonyl (C=O) groups excluding carboxylic acids is 2. The molecule has 0 fully saturated rings. The van der Waals surface area contributed by atoms with Gasteiger partial charge in [-0.05, 0) is 24.6 Å². The average molecular weight is 269 g/mol. The summed E-state index contributed by atoms with van der Waals surface area (Å²) in [5.74, 6) is -0.950. The summed E-state index contributed by atoms with van der Waals surface area (Å²) in [7, 11) is 1.23. The zero-order valence-electron chi connectivity index (χ0n) is 10.8. The molecule has 1 amide bonds. The molecule has 104 valence electrons. The van der Waals surface area contributed by atoms with Crippen molar-refractivity contribution in [2.45, 2.75) is 19.4 Å². The van der Waals surface area contributed by atoms with Crippen LogP contribution in [0.2, 0.25) is 0 Å². The smallest absolute Gasteiger partial charge is 0.407 e. The molecule has 1 rings (SSSR count). The van der Waals surface area contributed by atoms with Gasteiger partial charge >= 0.3 is 12.1 Å². The van der Waals surface area contributed by atoms with E-state index in [4.69, 9.17) is 4.74 Å². The molecule has 6 heteroatoms. The van der Waals surface area contributed by atoms with Gasteiger partial charge in [0.05, 0.1) is 13.7 Å². The van der Waals surface area contributed by atoms with Crippen molar-refractivity contribution in [1.82, 2.24) is 5.32 Å². The predicted octanol–water partition coefficient (Wildman–Crippen LogP) is 1.66. The Hall–Kier alpha value is -2.11. The zero-order valence-corrected chi connectivity index (χ0v) is 10.8. The van der Waals surface area contributed by atoms with Crippen LogP contribution in [0.15, 0.2) is 24.3 Å². The summed E-state index contributed by atoms with van der Waals surface area (Å²) in [6.45, 7) is 1.86. The largest absolute Gasteiger partial charge is 0.467 e. The Morgan fingerprint density at radius 2 is 1.95 bits per heavy atom. The van der Waals surface area contributed by atoms with Gasteiger partial charge in [-0.15, -0.1) is 0 Å². The van der Waals surface area contributed by atoms with Crippen LogP contribution in [0.25, 0.3) is 0 Å². The molecule has 1 aromatic carbocycles. The van der Waals surface area contributed by atoms with Gasteiger partial charge in [0.2, 0.25) is 0 Å². The number of benzene rings is 1. The summed E-state index contributed by atoms with van der Waals surface area (Å²) in [6.07, 6.45) is -0.494. The Morgan fingerprint density at radius 3 is 2.47 bits per heavy atom. The zero-order chi connectivity index (χ0) is 14.3. The number of hydrogen-bond donors (Lipinski definition) is 1. The van der Waals surface area contributed by atoms with E-state index >= 15 is 0 Å². The van der Waals surface area contributed by atoms with E-state index in [0.29, 0.717) is 5.56 Å². The van der Waals surface area contributed by atoms with Crippen LogP contribution >= 0.6 is 0 Å². The normalized spacial score (nSPS) is 11.5. The second-order valence-corrected chi connectivity index (χ2v) is 3.77. The minimum absolute atomic E-state index is 0.200. The molecule has 0 saturated heterocycles. The molecular formula is C13H16FNO4. The highest BCUT2D eigenvalue weighted by Crippen LogP contribution is 2.07. The standard InChI is InChI=1S/C13H16FNO4/c1-3-19-13(17)15-11(12(16)18-2)8-9-4-6-10(14)7-5-9/h4-7,11H,3,8H2,1-2H3,(H,15,17). The Balaban J connectivity index is 2.71. The highest BCUT2D eigenvalue weighted by Gasteiger charge is 2.22. The molecule has 1 aromatic rings. The maximum atomic E-state index is 12.8. The van der Waals surface area contributed by atoms with Gasteiger partial charge in [-0.1, -0.05) is 12.1 Å². The molecule has 0 aliphatic carbocycles. The first-order valence-electron chi connectivity index (χ1n) is 5.82. The number of hydrogen-bond acceptors (Lipinski definition) is 4. The van der Waals surface area contributed by atoms with Crippen LogP contribution in [-0.4, -0.2) is 31.8 Å². The van der Waals surface area contributed by atoms with Crippen LogP contribution in [0, 0.1) is 5.82 Å². The lowest BCUT2D eigenvalue weighted by Gasteiger charge is -2.16. The number of carbonyl (C=O) groups is 2. The average Bonchev–Trinajstić information content (AvgIpc) is 2.40. The van der Waals surface area contributed by atoms with Gasteiger partial charge in [-0.25, -0.2) is 14.0 Å². The van der Waals surface area contributed by atoms with Crippen molar-refractivity contribution in [1.29, 1.82) is 0 Å². The van der Waals surface area contributed by atoms with Crippen molar-refractivity contribution in [3.8, 4) is 0 Å². The number of amides is 1. The van der Waals surface area contributed by atoms with Crippen molar-refractivity contribution < 1.29 is 23.5 Å². The fourth-order valence-electron chi connectivity index (χ4n) is 1.51. The number of halogens is 1. The van der Waals surface area contributed by atoms with Gasteiger partial charge in [0.15, 0.2) is 0 Å². The van der Waals surface area contributed by atoms with E-state index in [1.165, 1.54) is 31.4 Å². The summed E-state index contributed by atoms with van der Waals surface area (Å²) in [6, 6.07) is 4.78. The van der Waals surface area contributed by atoms with Crippen molar-refractivity contribution in [3.63, 3.8) is 0 Å². The third-order valence-electron chi connectivity index (χ3n) is 2.41. The predicted molar refractivity (Wildman–Crippen MR) is 66.1 cm³/mol.